The lowest BCUT2D eigenvalue weighted by atomic mass is 10.1. The van der Waals surface area contributed by atoms with E-state index in [1.54, 1.807) is 6.20 Å². The van der Waals surface area contributed by atoms with Crippen LogP contribution in [0.3, 0.4) is 0 Å². The Balaban J connectivity index is 1.62. The van der Waals surface area contributed by atoms with Crippen molar-refractivity contribution in [3.63, 3.8) is 0 Å². The molecule has 1 atom stereocenters. The number of H-pyrrole nitrogens is 1. The standard InChI is InChI=1S/C18H18N6O/c19-18-14-10-24(9-12-2-1-7-25-12)23-17(14)13-4-3-11(8-16(13)21-18)15-5-6-20-22-15/h3-6,8,10,12H,1-2,7,9H2,(H2,19,21)(H,20,22)/t12-/m1/s1. The van der Waals surface area contributed by atoms with Gasteiger partial charge in [-0.15, -0.1) is 0 Å². The van der Waals surface area contributed by atoms with E-state index in [0.717, 1.165) is 59.1 Å². The van der Waals surface area contributed by atoms with Crippen LogP contribution < -0.4 is 5.73 Å². The molecule has 1 aliphatic rings. The number of hydrogen-bond acceptors (Lipinski definition) is 5. The number of anilines is 1. The molecule has 0 unspecified atom stereocenters. The van der Waals surface area contributed by atoms with Crippen LogP contribution >= 0.6 is 0 Å². The molecule has 0 aliphatic carbocycles. The zero-order valence-corrected chi connectivity index (χ0v) is 13.6. The zero-order chi connectivity index (χ0) is 16.8. The molecule has 3 aromatic heterocycles. The first-order valence-electron chi connectivity index (χ1n) is 8.46. The van der Waals surface area contributed by atoms with Crippen molar-refractivity contribution < 1.29 is 4.74 Å². The highest BCUT2D eigenvalue weighted by Crippen LogP contribution is 2.30. The lowest BCUT2D eigenvalue weighted by molar-refractivity contribution is 0.0942. The number of aromatic amines is 1. The summed E-state index contributed by atoms with van der Waals surface area (Å²) in [5.74, 6) is 0.503. The fraction of sp³-hybridized carbons (Fsp3) is 0.278. The third-order valence-electron chi connectivity index (χ3n) is 4.76. The fourth-order valence-electron chi connectivity index (χ4n) is 3.50. The molecular formula is C18H18N6O. The molecule has 0 saturated carbocycles. The summed E-state index contributed by atoms with van der Waals surface area (Å²) in [7, 11) is 0. The maximum absolute atomic E-state index is 6.20. The summed E-state index contributed by atoms with van der Waals surface area (Å²) in [4.78, 5) is 4.58. The van der Waals surface area contributed by atoms with Crippen molar-refractivity contribution >= 4 is 27.6 Å². The molecule has 5 rings (SSSR count). The van der Waals surface area contributed by atoms with E-state index in [1.807, 2.05) is 35.1 Å². The number of nitrogens with one attached hydrogen (secondary N) is 1. The lowest BCUT2D eigenvalue weighted by Gasteiger charge is -2.08. The first-order chi connectivity index (χ1) is 12.3. The van der Waals surface area contributed by atoms with Crippen molar-refractivity contribution in [2.45, 2.75) is 25.5 Å². The molecule has 0 radical (unpaired) electrons. The van der Waals surface area contributed by atoms with Crippen molar-refractivity contribution in [2.24, 2.45) is 0 Å². The van der Waals surface area contributed by atoms with Crippen LogP contribution in [0.4, 0.5) is 5.82 Å². The molecule has 0 bridgehead atoms. The lowest BCUT2D eigenvalue weighted by Crippen LogP contribution is -2.15. The van der Waals surface area contributed by atoms with Gasteiger partial charge in [0.15, 0.2) is 0 Å². The highest BCUT2D eigenvalue weighted by Gasteiger charge is 2.18. The van der Waals surface area contributed by atoms with E-state index in [4.69, 9.17) is 15.6 Å². The van der Waals surface area contributed by atoms with Gasteiger partial charge in [-0.05, 0) is 31.0 Å². The number of nitrogen functional groups attached to an aromatic ring is 1. The Bertz CT molecular complexity index is 1050. The topological polar surface area (TPSA) is 94.6 Å². The van der Waals surface area contributed by atoms with Gasteiger partial charge in [0, 0.05) is 30.0 Å². The second kappa shape index (κ2) is 5.56. The van der Waals surface area contributed by atoms with Crippen LogP contribution in [0.15, 0.2) is 36.7 Å². The van der Waals surface area contributed by atoms with Gasteiger partial charge in [-0.1, -0.05) is 6.07 Å². The van der Waals surface area contributed by atoms with E-state index in [1.165, 1.54) is 0 Å². The predicted molar refractivity (Wildman–Crippen MR) is 96.0 cm³/mol. The average molecular weight is 334 g/mol. The van der Waals surface area contributed by atoms with Gasteiger partial charge < -0.3 is 10.5 Å². The Morgan fingerprint density at radius 2 is 2.24 bits per heavy atom. The van der Waals surface area contributed by atoms with Gasteiger partial charge in [-0.2, -0.15) is 10.2 Å². The second-order valence-corrected chi connectivity index (χ2v) is 6.45. The fourth-order valence-corrected chi connectivity index (χ4v) is 3.50. The molecule has 1 saturated heterocycles. The zero-order valence-electron chi connectivity index (χ0n) is 13.6. The number of benzene rings is 1. The molecule has 1 aromatic carbocycles. The monoisotopic (exact) mass is 334 g/mol. The maximum Gasteiger partial charge on any atom is 0.135 e. The maximum atomic E-state index is 6.20. The van der Waals surface area contributed by atoms with Gasteiger partial charge in [-0.25, -0.2) is 4.98 Å². The van der Waals surface area contributed by atoms with Crippen molar-refractivity contribution in [1.82, 2.24) is 25.0 Å². The summed E-state index contributed by atoms with van der Waals surface area (Å²) < 4.78 is 7.64. The van der Waals surface area contributed by atoms with Crippen LogP contribution in [0.2, 0.25) is 0 Å². The number of rotatable bonds is 3. The molecule has 3 N–H and O–H groups in total. The Kier molecular flexibility index (Phi) is 3.21. The molecule has 0 spiro atoms. The number of hydrogen-bond donors (Lipinski definition) is 2. The molecule has 1 fully saturated rings. The van der Waals surface area contributed by atoms with Crippen LogP contribution in [0.1, 0.15) is 12.8 Å². The summed E-state index contributed by atoms with van der Waals surface area (Å²) in [6, 6.07) is 8.03. The van der Waals surface area contributed by atoms with Crippen LogP contribution in [-0.2, 0) is 11.3 Å². The van der Waals surface area contributed by atoms with E-state index in [9.17, 15) is 0 Å². The van der Waals surface area contributed by atoms with Crippen LogP contribution in [0.25, 0.3) is 33.1 Å². The third-order valence-corrected chi connectivity index (χ3v) is 4.76. The average Bonchev–Trinajstić information content (AvgIpc) is 3.36. The number of aromatic nitrogens is 5. The van der Waals surface area contributed by atoms with Crippen LogP contribution in [-0.4, -0.2) is 37.7 Å². The number of ether oxygens (including phenoxy) is 1. The van der Waals surface area contributed by atoms with Crippen molar-refractivity contribution in [1.29, 1.82) is 0 Å². The molecular weight excluding hydrogens is 316 g/mol. The molecule has 25 heavy (non-hydrogen) atoms. The van der Waals surface area contributed by atoms with E-state index in [-0.39, 0.29) is 6.10 Å². The number of pyridine rings is 1. The Morgan fingerprint density at radius 1 is 1.28 bits per heavy atom. The summed E-state index contributed by atoms with van der Waals surface area (Å²) >= 11 is 0. The normalized spacial score (nSPS) is 17.7. The first-order valence-corrected chi connectivity index (χ1v) is 8.46. The highest BCUT2D eigenvalue weighted by atomic mass is 16.5. The van der Waals surface area contributed by atoms with Gasteiger partial charge in [-0.3, -0.25) is 9.78 Å². The van der Waals surface area contributed by atoms with Gasteiger partial charge in [0.05, 0.1) is 29.2 Å². The number of nitrogens with two attached hydrogens (primary N) is 1. The quantitative estimate of drug-likeness (QED) is 0.601. The minimum atomic E-state index is 0.238. The Hall–Kier alpha value is -2.93. The molecule has 126 valence electrons. The third kappa shape index (κ3) is 2.44. The summed E-state index contributed by atoms with van der Waals surface area (Å²) in [5.41, 5.74) is 9.89. The molecule has 0 amide bonds. The Labute approximate surface area is 143 Å². The minimum absolute atomic E-state index is 0.238. The van der Waals surface area contributed by atoms with E-state index in [0.29, 0.717) is 5.82 Å². The molecule has 4 heterocycles. The van der Waals surface area contributed by atoms with Crippen molar-refractivity contribution in [3.05, 3.63) is 36.7 Å². The van der Waals surface area contributed by atoms with E-state index in [2.05, 4.69) is 15.2 Å². The van der Waals surface area contributed by atoms with Crippen molar-refractivity contribution in [3.8, 4) is 11.3 Å². The summed E-state index contributed by atoms with van der Waals surface area (Å²) in [6.07, 6.45) is 6.15. The largest absolute Gasteiger partial charge is 0.383 e. The molecule has 1 aliphatic heterocycles. The van der Waals surface area contributed by atoms with Gasteiger partial charge in [0.25, 0.3) is 0 Å². The molecule has 7 nitrogen and oxygen atoms in total. The number of fused-ring (bicyclic) bond motifs is 3. The SMILES string of the molecule is Nc1nc2cc(-c3ccn[nH]3)ccc2c2nn(C[C@H]3CCCO3)cc12. The van der Waals surface area contributed by atoms with Crippen LogP contribution in [0.5, 0.6) is 0 Å². The smallest absolute Gasteiger partial charge is 0.135 e. The summed E-state index contributed by atoms with van der Waals surface area (Å²) in [5, 5.41) is 13.6. The molecule has 7 heteroatoms. The Morgan fingerprint density at radius 3 is 3.04 bits per heavy atom. The van der Waals surface area contributed by atoms with Gasteiger partial charge in [0.1, 0.15) is 11.3 Å². The minimum Gasteiger partial charge on any atom is -0.383 e. The van der Waals surface area contributed by atoms with Crippen LogP contribution in [0, 0.1) is 0 Å². The van der Waals surface area contributed by atoms with E-state index >= 15 is 0 Å². The van der Waals surface area contributed by atoms with Crippen molar-refractivity contribution in [2.75, 3.05) is 12.3 Å². The summed E-state index contributed by atoms with van der Waals surface area (Å²) in [6.45, 7) is 1.59. The second-order valence-electron chi connectivity index (χ2n) is 6.45. The van der Waals surface area contributed by atoms with E-state index < -0.39 is 0 Å². The molecule has 4 aromatic rings. The van der Waals surface area contributed by atoms with Gasteiger partial charge >= 0.3 is 0 Å². The van der Waals surface area contributed by atoms with Gasteiger partial charge in [0.2, 0.25) is 0 Å². The highest BCUT2D eigenvalue weighted by molar-refractivity contribution is 6.08. The first kappa shape index (κ1) is 14.4. The predicted octanol–water partition coefficient (Wildman–Crippen LogP) is 2.74. The number of nitrogens with zero attached hydrogens (tertiary/aromatic N) is 4.